The number of carbonyl (C=O) groups is 2. The minimum Gasteiger partial charge on any atom is -0.372 e. The van der Waals surface area contributed by atoms with Crippen molar-refractivity contribution in [3.8, 4) is 0 Å². The van der Waals surface area contributed by atoms with Crippen molar-refractivity contribution in [3.63, 3.8) is 0 Å². The average molecular weight is 250 g/mol. The monoisotopic (exact) mass is 250 g/mol. The first-order chi connectivity index (χ1) is 8.63. The van der Waals surface area contributed by atoms with Gasteiger partial charge in [-0.15, -0.1) is 0 Å². The highest BCUT2D eigenvalue weighted by atomic mass is 16.5. The molecule has 2 N–H and O–H groups in total. The molecule has 1 aromatic rings. The van der Waals surface area contributed by atoms with Crippen LogP contribution in [0, 0.1) is 0 Å². The standard InChI is InChI=1S/C13H18N2O3/c1-2-18-10-13(17)15(9-12(14)16)8-11-6-4-3-5-7-11/h3-7H,2,8-10H2,1H3,(H2,14,16). The molecule has 0 fully saturated rings. The second-order valence-corrected chi connectivity index (χ2v) is 3.84. The molecule has 1 rings (SSSR count). The summed E-state index contributed by atoms with van der Waals surface area (Å²) < 4.78 is 5.05. The third-order valence-corrected chi connectivity index (χ3v) is 2.35. The maximum Gasteiger partial charge on any atom is 0.249 e. The quantitative estimate of drug-likeness (QED) is 0.767. The average Bonchev–Trinajstić information content (AvgIpc) is 2.36. The predicted molar refractivity (Wildman–Crippen MR) is 67.5 cm³/mol. The number of primary amides is 1. The summed E-state index contributed by atoms with van der Waals surface area (Å²) >= 11 is 0. The Morgan fingerprint density at radius 2 is 1.94 bits per heavy atom. The van der Waals surface area contributed by atoms with Gasteiger partial charge < -0.3 is 15.4 Å². The summed E-state index contributed by atoms with van der Waals surface area (Å²) in [5.41, 5.74) is 6.09. The second-order valence-electron chi connectivity index (χ2n) is 3.84. The van der Waals surface area contributed by atoms with Crippen molar-refractivity contribution in [1.29, 1.82) is 0 Å². The van der Waals surface area contributed by atoms with Gasteiger partial charge in [0.15, 0.2) is 0 Å². The van der Waals surface area contributed by atoms with E-state index in [0.29, 0.717) is 13.2 Å². The van der Waals surface area contributed by atoms with Crippen LogP contribution in [-0.2, 0) is 20.9 Å². The first kappa shape index (κ1) is 14.2. The van der Waals surface area contributed by atoms with Crippen LogP contribution in [0.2, 0.25) is 0 Å². The number of carbonyl (C=O) groups excluding carboxylic acids is 2. The minimum atomic E-state index is -0.532. The van der Waals surface area contributed by atoms with E-state index in [9.17, 15) is 9.59 Å². The molecule has 0 aliphatic carbocycles. The molecular formula is C13H18N2O3. The molecule has 2 amide bonds. The molecule has 0 spiro atoms. The molecule has 0 heterocycles. The number of rotatable bonds is 7. The highest BCUT2D eigenvalue weighted by Gasteiger charge is 2.15. The molecule has 5 nitrogen and oxygen atoms in total. The number of ether oxygens (including phenoxy) is 1. The van der Waals surface area contributed by atoms with E-state index in [1.807, 2.05) is 37.3 Å². The van der Waals surface area contributed by atoms with E-state index in [1.54, 1.807) is 0 Å². The Morgan fingerprint density at radius 1 is 1.28 bits per heavy atom. The fourth-order valence-electron chi connectivity index (χ4n) is 1.50. The van der Waals surface area contributed by atoms with Gasteiger partial charge in [0.05, 0.1) is 6.54 Å². The summed E-state index contributed by atoms with van der Waals surface area (Å²) in [5.74, 6) is -0.768. The maximum absolute atomic E-state index is 11.8. The molecule has 1 aromatic carbocycles. The van der Waals surface area contributed by atoms with Gasteiger partial charge in [-0.25, -0.2) is 0 Å². The lowest BCUT2D eigenvalue weighted by atomic mass is 10.2. The molecule has 0 aromatic heterocycles. The van der Waals surface area contributed by atoms with Crippen LogP contribution >= 0.6 is 0 Å². The van der Waals surface area contributed by atoms with E-state index in [1.165, 1.54) is 4.90 Å². The molecule has 18 heavy (non-hydrogen) atoms. The van der Waals surface area contributed by atoms with Crippen LogP contribution in [0.25, 0.3) is 0 Å². The molecule has 5 heteroatoms. The Morgan fingerprint density at radius 3 is 2.50 bits per heavy atom. The smallest absolute Gasteiger partial charge is 0.249 e. The van der Waals surface area contributed by atoms with Gasteiger partial charge in [0, 0.05) is 13.2 Å². The molecule has 98 valence electrons. The van der Waals surface area contributed by atoms with E-state index in [0.717, 1.165) is 5.56 Å². The van der Waals surface area contributed by atoms with Gasteiger partial charge in [0.1, 0.15) is 6.61 Å². The molecular weight excluding hydrogens is 232 g/mol. The lowest BCUT2D eigenvalue weighted by Crippen LogP contribution is -2.39. The van der Waals surface area contributed by atoms with E-state index in [-0.39, 0.29) is 19.1 Å². The van der Waals surface area contributed by atoms with Crippen LogP contribution in [0.15, 0.2) is 30.3 Å². The highest BCUT2D eigenvalue weighted by Crippen LogP contribution is 2.04. The maximum atomic E-state index is 11.8. The summed E-state index contributed by atoms with van der Waals surface area (Å²) in [6.45, 7) is 2.50. The number of amides is 2. The topological polar surface area (TPSA) is 72.6 Å². The lowest BCUT2D eigenvalue weighted by molar-refractivity contribution is -0.139. The minimum absolute atomic E-state index is 0.0311. The summed E-state index contributed by atoms with van der Waals surface area (Å²) in [4.78, 5) is 24.2. The van der Waals surface area contributed by atoms with E-state index in [2.05, 4.69) is 0 Å². The van der Waals surface area contributed by atoms with Crippen molar-refractivity contribution < 1.29 is 14.3 Å². The summed E-state index contributed by atoms with van der Waals surface area (Å²) in [7, 11) is 0. The third kappa shape index (κ3) is 4.97. The van der Waals surface area contributed by atoms with Crippen LogP contribution in [0.4, 0.5) is 0 Å². The molecule has 0 atom stereocenters. The Bertz CT molecular complexity index is 392. The van der Waals surface area contributed by atoms with E-state index >= 15 is 0 Å². The van der Waals surface area contributed by atoms with Gasteiger partial charge in [-0.2, -0.15) is 0 Å². The zero-order valence-corrected chi connectivity index (χ0v) is 10.5. The van der Waals surface area contributed by atoms with Crippen LogP contribution in [0.1, 0.15) is 12.5 Å². The molecule has 0 aliphatic rings. The van der Waals surface area contributed by atoms with Crippen molar-refractivity contribution in [1.82, 2.24) is 4.90 Å². The van der Waals surface area contributed by atoms with Crippen molar-refractivity contribution >= 4 is 11.8 Å². The molecule has 0 saturated heterocycles. The normalized spacial score (nSPS) is 10.1. The number of nitrogens with two attached hydrogens (primary N) is 1. The van der Waals surface area contributed by atoms with Crippen LogP contribution in [0.3, 0.4) is 0 Å². The SMILES string of the molecule is CCOCC(=O)N(CC(N)=O)Cc1ccccc1. The number of nitrogens with zero attached hydrogens (tertiary/aromatic N) is 1. The lowest BCUT2D eigenvalue weighted by Gasteiger charge is -2.21. The summed E-state index contributed by atoms with van der Waals surface area (Å²) in [6, 6.07) is 9.43. The first-order valence-electron chi connectivity index (χ1n) is 5.81. The van der Waals surface area contributed by atoms with Gasteiger partial charge in [0.25, 0.3) is 0 Å². The van der Waals surface area contributed by atoms with Crippen LogP contribution in [-0.4, -0.2) is 36.5 Å². The first-order valence-corrected chi connectivity index (χ1v) is 5.81. The van der Waals surface area contributed by atoms with Crippen molar-refractivity contribution in [2.75, 3.05) is 19.8 Å². The van der Waals surface area contributed by atoms with Gasteiger partial charge in [-0.3, -0.25) is 9.59 Å². The molecule has 0 aliphatic heterocycles. The fourth-order valence-corrected chi connectivity index (χ4v) is 1.50. The molecule has 0 saturated carbocycles. The molecule has 0 unspecified atom stereocenters. The largest absolute Gasteiger partial charge is 0.372 e. The van der Waals surface area contributed by atoms with E-state index < -0.39 is 5.91 Å². The van der Waals surface area contributed by atoms with Crippen molar-refractivity contribution in [3.05, 3.63) is 35.9 Å². The zero-order chi connectivity index (χ0) is 13.4. The number of benzene rings is 1. The molecule has 0 radical (unpaired) electrons. The summed E-state index contributed by atoms with van der Waals surface area (Å²) in [5, 5.41) is 0. The highest BCUT2D eigenvalue weighted by molar-refractivity contribution is 5.84. The summed E-state index contributed by atoms with van der Waals surface area (Å²) in [6.07, 6.45) is 0. The van der Waals surface area contributed by atoms with Crippen LogP contribution < -0.4 is 5.73 Å². The second kappa shape index (κ2) is 7.45. The number of hydrogen-bond donors (Lipinski definition) is 1. The van der Waals surface area contributed by atoms with Gasteiger partial charge >= 0.3 is 0 Å². The predicted octanol–water partition coefficient (Wildman–Crippen LogP) is 0.537. The Labute approximate surface area is 107 Å². The van der Waals surface area contributed by atoms with E-state index in [4.69, 9.17) is 10.5 Å². The van der Waals surface area contributed by atoms with Crippen molar-refractivity contribution in [2.24, 2.45) is 5.73 Å². The van der Waals surface area contributed by atoms with Crippen LogP contribution in [0.5, 0.6) is 0 Å². The Hall–Kier alpha value is -1.88. The van der Waals surface area contributed by atoms with Gasteiger partial charge in [0.2, 0.25) is 11.8 Å². The number of hydrogen-bond acceptors (Lipinski definition) is 3. The Balaban J connectivity index is 2.66. The Kier molecular flexibility index (Phi) is 5.87. The van der Waals surface area contributed by atoms with Gasteiger partial charge in [-0.05, 0) is 12.5 Å². The van der Waals surface area contributed by atoms with Gasteiger partial charge in [-0.1, -0.05) is 30.3 Å². The zero-order valence-electron chi connectivity index (χ0n) is 10.5. The molecule has 0 bridgehead atoms. The fraction of sp³-hybridized carbons (Fsp3) is 0.385. The third-order valence-electron chi connectivity index (χ3n) is 2.35. The van der Waals surface area contributed by atoms with Crippen molar-refractivity contribution in [2.45, 2.75) is 13.5 Å².